The van der Waals surface area contributed by atoms with Crippen LogP contribution in [-0.4, -0.2) is 30.4 Å². The summed E-state index contributed by atoms with van der Waals surface area (Å²) in [5.74, 6) is -2.76. The first-order valence-electron chi connectivity index (χ1n) is 3.09. The number of rotatable bonds is 0. The second-order valence-electron chi connectivity index (χ2n) is 1.90. The molecule has 4 nitrogen and oxygen atoms in total. The van der Waals surface area contributed by atoms with Crippen molar-refractivity contribution in [2.45, 2.75) is 12.6 Å². The molecule has 1 rings (SSSR count). The van der Waals surface area contributed by atoms with Crippen LogP contribution in [0, 0.1) is 0 Å². The Balaban J connectivity index is 0.000000211. The van der Waals surface area contributed by atoms with Crippen LogP contribution in [-0.2, 0) is 9.63 Å². The zero-order valence-corrected chi connectivity index (χ0v) is 6.02. The Bertz CT molecular complexity index is 136. The molecule has 0 atom stereocenters. The van der Waals surface area contributed by atoms with Crippen LogP contribution in [0.15, 0.2) is 0 Å². The Kier molecular flexibility index (Phi) is 4.60. The molecule has 12 heavy (non-hydrogen) atoms. The Morgan fingerprint density at radius 2 is 2.00 bits per heavy atom. The number of carbonyl (C=O) groups is 1. The van der Waals surface area contributed by atoms with Crippen molar-refractivity contribution in [1.29, 1.82) is 0 Å². The average molecular weight is 187 g/mol. The molecular formula is C5H8F3NO3. The van der Waals surface area contributed by atoms with Gasteiger partial charge in [0.1, 0.15) is 0 Å². The maximum Gasteiger partial charge on any atom is 0.490 e. The van der Waals surface area contributed by atoms with Crippen molar-refractivity contribution in [3.8, 4) is 0 Å². The molecule has 0 saturated carbocycles. The fourth-order valence-corrected chi connectivity index (χ4v) is 0.361. The maximum absolute atomic E-state index is 10.6. The van der Waals surface area contributed by atoms with Gasteiger partial charge >= 0.3 is 12.1 Å². The van der Waals surface area contributed by atoms with Crippen LogP contribution < -0.4 is 5.48 Å². The van der Waals surface area contributed by atoms with E-state index in [0.29, 0.717) is 0 Å². The number of hydrogen-bond acceptors (Lipinski definition) is 3. The molecule has 2 N–H and O–H groups in total. The van der Waals surface area contributed by atoms with Gasteiger partial charge in [-0.25, -0.2) is 10.3 Å². The molecule has 72 valence electrons. The van der Waals surface area contributed by atoms with E-state index in [2.05, 4.69) is 5.48 Å². The van der Waals surface area contributed by atoms with Crippen LogP contribution in [0.2, 0.25) is 0 Å². The Morgan fingerprint density at radius 1 is 1.50 bits per heavy atom. The standard InChI is InChI=1S/C3H7NO.C2HF3O2/c1-2-4-5-3-1;3-2(4,5)1(6)7/h4H,1-3H2;(H,6,7). The molecule has 0 unspecified atom stereocenters. The second kappa shape index (κ2) is 4.94. The largest absolute Gasteiger partial charge is 0.490 e. The van der Waals surface area contributed by atoms with E-state index >= 15 is 0 Å². The van der Waals surface area contributed by atoms with Crippen LogP contribution >= 0.6 is 0 Å². The van der Waals surface area contributed by atoms with E-state index in [1.165, 1.54) is 6.42 Å². The molecule has 0 aromatic heterocycles. The summed E-state index contributed by atoms with van der Waals surface area (Å²) in [4.78, 5) is 13.6. The van der Waals surface area contributed by atoms with Gasteiger partial charge in [0.25, 0.3) is 0 Å². The van der Waals surface area contributed by atoms with E-state index in [9.17, 15) is 13.2 Å². The number of nitrogens with one attached hydrogen (secondary N) is 1. The topological polar surface area (TPSA) is 58.6 Å². The first-order chi connectivity index (χ1) is 5.44. The summed E-state index contributed by atoms with van der Waals surface area (Å²) >= 11 is 0. The lowest BCUT2D eigenvalue weighted by atomic mass is 10.5. The van der Waals surface area contributed by atoms with Crippen molar-refractivity contribution < 1.29 is 27.9 Å². The fourth-order valence-electron chi connectivity index (χ4n) is 0.361. The third-order valence-electron chi connectivity index (χ3n) is 0.870. The molecule has 0 radical (unpaired) electrons. The highest BCUT2D eigenvalue weighted by molar-refractivity contribution is 5.73. The molecule has 0 bridgehead atoms. The summed E-state index contributed by atoms with van der Waals surface area (Å²) in [7, 11) is 0. The van der Waals surface area contributed by atoms with Crippen molar-refractivity contribution in [1.82, 2.24) is 5.48 Å². The molecule has 0 aromatic carbocycles. The molecule has 0 amide bonds. The van der Waals surface area contributed by atoms with Crippen LogP contribution in [0.5, 0.6) is 0 Å². The van der Waals surface area contributed by atoms with E-state index in [4.69, 9.17) is 14.7 Å². The van der Waals surface area contributed by atoms with Gasteiger partial charge in [0.05, 0.1) is 6.61 Å². The van der Waals surface area contributed by atoms with Crippen molar-refractivity contribution in [2.24, 2.45) is 0 Å². The molecule has 1 heterocycles. The van der Waals surface area contributed by atoms with Gasteiger partial charge in [-0.05, 0) is 6.42 Å². The Hall–Kier alpha value is -0.820. The maximum atomic E-state index is 10.6. The molecule has 1 aliphatic heterocycles. The Morgan fingerprint density at radius 3 is 2.08 bits per heavy atom. The average Bonchev–Trinajstić information content (AvgIpc) is 2.39. The summed E-state index contributed by atoms with van der Waals surface area (Å²) < 4.78 is 31.7. The highest BCUT2D eigenvalue weighted by Gasteiger charge is 2.38. The highest BCUT2D eigenvalue weighted by Crippen LogP contribution is 2.13. The molecule has 7 heteroatoms. The van der Waals surface area contributed by atoms with Gasteiger partial charge in [-0.15, -0.1) is 0 Å². The molecule has 0 aliphatic carbocycles. The van der Waals surface area contributed by atoms with Crippen molar-refractivity contribution >= 4 is 5.97 Å². The summed E-state index contributed by atoms with van der Waals surface area (Å²) in [6, 6.07) is 0. The van der Waals surface area contributed by atoms with Gasteiger partial charge in [-0.2, -0.15) is 13.2 Å². The van der Waals surface area contributed by atoms with E-state index in [-0.39, 0.29) is 0 Å². The lowest BCUT2D eigenvalue weighted by molar-refractivity contribution is -0.192. The number of alkyl halides is 3. The summed E-state index contributed by atoms with van der Waals surface area (Å²) in [5.41, 5.74) is 2.72. The van der Waals surface area contributed by atoms with E-state index in [1.807, 2.05) is 0 Å². The second-order valence-corrected chi connectivity index (χ2v) is 1.90. The minimum Gasteiger partial charge on any atom is -0.475 e. The zero-order chi connectivity index (χ0) is 9.61. The predicted molar refractivity (Wildman–Crippen MR) is 32.3 cm³/mol. The zero-order valence-electron chi connectivity index (χ0n) is 6.02. The van der Waals surface area contributed by atoms with Crippen LogP contribution in [0.4, 0.5) is 13.2 Å². The third kappa shape index (κ3) is 5.93. The Labute approximate surface area is 66.3 Å². The summed E-state index contributed by atoms with van der Waals surface area (Å²) in [6.45, 7) is 1.92. The van der Waals surface area contributed by atoms with Gasteiger partial charge in [-0.1, -0.05) is 0 Å². The van der Waals surface area contributed by atoms with Crippen LogP contribution in [0.3, 0.4) is 0 Å². The lowest BCUT2D eigenvalue weighted by Gasteiger charge is -1.93. The van der Waals surface area contributed by atoms with Gasteiger partial charge in [-0.3, -0.25) is 0 Å². The van der Waals surface area contributed by atoms with Crippen LogP contribution in [0.1, 0.15) is 6.42 Å². The number of carboxylic acids is 1. The third-order valence-corrected chi connectivity index (χ3v) is 0.870. The van der Waals surface area contributed by atoms with Gasteiger partial charge in [0.15, 0.2) is 0 Å². The number of carboxylic acid groups (broad SMARTS) is 1. The normalized spacial score (nSPS) is 16.6. The quantitative estimate of drug-likeness (QED) is 0.581. The van der Waals surface area contributed by atoms with Gasteiger partial charge in [0, 0.05) is 6.54 Å². The van der Waals surface area contributed by atoms with Crippen molar-refractivity contribution in [3.63, 3.8) is 0 Å². The molecule has 1 saturated heterocycles. The SMILES string of the molecule is C1CNOC1.O=C(O)C(F)(F)F. The van der Waals surface area contributed by atoms with E-state index < -0.39 is 12.1 Å². The number of aliphatic carboxylic acids is 1. The number of hydrogen-bond donors (Lipinski definition) is 2. The fraction of sp³-hybridized carbons (Fsp3) is 0.800. The number of hydroxylamine groups is 1. The summed E-state index contributed by atoms with van der Waals surface area (Å²) in [5, 5.41) is 7.12. The highest BCUT2D eigenvalue weighted by atomic mass is 19.4. The molecule has 0 spiro atoms. The van der Waals surface area contributed by atoms with E-state index in [0.717, 1.165) is 13.2 Å². The van der Waals surface area contributed by atoms with Gasteiger partial charge in [0.2, 0.25) is 0 Å². The molecule has 0 aromatic rings. The number of halogens is 3. The first kappa shape index (κ1) is 11.2. The van der Waals surface area contributed by atoms with Crippen molar-refractivity contribution in [3.05, 3.63) is 0 Å². The lowest BCUT2D eigenvalue weighted by Crippen LogP contribution is -2.21. The molecule has 1 aliphatic rings. The van der Waals surface area contributed by atoms with Gasteiger partial charge < -0.3 is 9.94 Å². The minimum atomic E-state index is -5.08. The summed E-state index contributed by atoms with van der Waals surface area (Å²) in [6.07, 6.45) is -3.92. The predicted octanol–water partition coefficient (Wildman–Crippen LogP) is 0.545. The molecular weight excluding hydrogens is 179 g/mol. The van der Waals surface area contributed by atoms with Crippen molar-refractivity contribution in [2.75, 3.05) is 13.2 Å². The monoisotopic (exact) mass is 187 g/mol. The van der Waals surface area contributed by atoms with Crippen LogP contribution in [0.25, 0.3) is 0 Å². The smallest absolute Gasteiger partial charge is 0.475 e. The minimum absolute atomic E-state index is 0.889. The van der Waals surface area contributed by atoms with E-state index in [1.54, 1.807) is 0 Å². The first-order valence-corrected chi connectivity index (χ1v) is 3.09. The molecule has 1 fully saturated rings.